The van der Waals surface area contributed by atoms with Crippen LogP contribution in [0.2, 0.25) is 0 Å². The minimum absolute atomic E-state index is 0.251. The lowest BCUT2D eigenvalue weighted by atomic mass is 10.1. The molecule has 0 unspecified atom stereocenters. The summed E-state index contributed by atoms with van der Waals surface area (Å²) in [7, 11) is -2.83. The molecule has 0 saturated heterocycles. The standard InChI is InChI=1S/C13H21NO2S/c1-11-6-4-7-13(10-11)12(2)14-8-5-9-17(3,15)16/h4,6-7,10,12,14H,5,8-9H2,1-3H3/t12-/m0/s1. The lowest BCUT2D eigenvalue weighted by molar-refractivity contribution is 0.562. The zero-order valence-corrected chi connectivity index (χ0v) is 11.5. The van der Waals surface area contributed by atoms with Gasteiger partial charge in [0.25, 0.3) is 0 Å². The summed E-state index contributed by atoms with van der Waals surface area (Å²) in [4.78, 5) is 0. The molecule has 0 fully saturated rings. The van der Waals surface area contributed by atoms with Crippen molar-refractivity contribution in [2.75, 3.05) is 18.6 Å². The summed E-state index contributed by atoms with van der Waals surface area (Å²) in [5, 5.41) is 3.33. The molecule has 1 rings (SSSR count). The number of hydrogen-bond donors (Lipinski definition) is 1. The summed E-state index contributed by atoms with van der Waals surface area (Å²) in [5.41, 5.74) is 2.48. The molecule has 0 heterocycles. The molecule has 96 valence electrons. The highest BCUT2D eigenvalue weighted by Crippen LogP contribution is 2.13. The molecule has 1 atom stereocenters. The van der Waals surface area contributed by atoms with E-state index >= 15 is 0 Å². The van der Waals surface area contributed by atoms with E-state index in [0.717, 1.165) is 6.54 Å². The molecule has 3 nitrogen and oxygen atoms in total. The van der Waals surface area contributed by atoms with E-state index in [1.54, 1.807) is 0 Å². The Balaban J connectivity index is 2.38. The molecule has 0 aliphatic rings. The largest absolute Gasteiger partial charge is 0.310 e. The molecule has 0 aromatic heterocycles. The van der Waals surface area contributed by atoms with Crippen LogP contribution in [-0.2, 0) is 9.84 Å². The molecule has 0 aliphatic heterocycles. The van der Waals surface area contributed by atoms with Crippen LogP contribution >= 0.6 is 0 Å². The number of rotatable bonds is 6. The van der Waals surface area contributed by atoms with Gasteiger partial charge in [0.2, 0.25) is 0 Å². The zero-order chi connectivity index (χ0) is 12.9. The molecule has 0 radical (unpaired) electrons. The van der Waals surface area contributed by atoms with Gasteiger partial charge in [-0.15, -0.1) is 0 Å². The zero-order valence-electron chi connectivity index (χ0n) is 10.7. The topological polar surface area (TPSA) is 46.2 Å². The summed E-state index contributed by atoms with van der Waals surface area (Å²) in [6, 6.07) is 8.60. The third-order valence-corrected chi connectivity index (χ3v) is 3.71. The lowest BCUT2D eigenvalue weighted by Gasteiger charge is -2.14. The van der Waals surface area contributed by atoms with Crippen LogP contribution in [0.5, 0.6) is 0 Å². The van der Waals surface area contributed by atoms with Crippen molar-refractivity contribution in [3.8, 4) is 0 Å². The van der Waals surface area contributed by atoms with Crippen LogP contribution in [0.15, 0.2) is 24.3 Å². The van der Waals surface area contributed by atoms with Gasteiger partial charge in [-0.05, 0) is 32.4 Å². The Morgan fingerprint density at radius 1 is 1.35 bits per heavy atom. The van der Waals surface area contributed by atoms with Gasteiger partial charge in [0, 0.05) is 12.3 Å². The average Bonchev–Trinajstić information content (AvgIpc) is 2.23. The van der Waals surface area contributed by atoms with Gasteiger partial charge in [-0.3, -0.25) is 0 Å². The third-order valence-electron chi connectivity index (χ3n) is 2.68. The summed E-state index contributed by atoms with van der Waals surface area (Å²) in [6.07, 6.45) is 1.94. The van der Waals surface area contributed by atoms with E-state index in [9.17, 15) is 8.42 Å². The van der Waals surface area contributed by atoms with Crippen LogP contribution in [0.25, 0.3) is 0 Å². The first-order valence-corrected chi connectivity index (χ1v) is 7.92. The molecule has 0 amide bonds. The molecule has 0 aliphatic carbocycles. The number of aryl methyl sites for hydroxylation is 1. The van der Waals surface area contributed by atoms with E-state index in [4.69, 9.17) is 0 Å². The van der Waals surface area contributed by atoms with Crippen molar-refractivity contribution >= 4 is 9.84 Å². The van der Waals surface area contributed by atoms with Crippen molar-refractivity contribution in [3.63, 3.8) is 0 Å². The Labute approximate surface area is 104 Å². The Morgan fingerprint density at radius 3 is 2.65 bits per heavy atom. The lowest BCUT2D eigenvalue weighted by Crippen LogP contribution is -2.21. The predicted octanol–water partition coefficient (Wildman–Crippen LogP) is 2.08. The molecule has 1 N–H and O–H groups in total. The minimum Gasteiger partial charge on any atom is -0.310 e. The molecular weight excluding hydrogens is 234 g/mol. The van der Waals surface area contributed by atoms with Crippen molar-refractivity contribution in [1.82, 2.24) is 5.32 Å². The Morgan fingerprint density at radius 2 is 2.06 bits per heavy atom. The molecule has 0 bridgehead atoms. The second-order valence-corrected chi connectivity index (χ2v) is 6.83. The van der Waals surface area contributed by atoms with Crippen LogP contribution in [-0.4, -0.2) is 27.0 Å². The molecule has 0 spiro atoms. The van der Waals surface area contributed by atoms with Gasteiger partial charge in [-0.2, -0.15) is 0 Å². The first-order chi connectivity index (χ1) is 7.88. The van der Waals surface area contributed by atoms with Crippen molar-refractivity contribution in [2.45, 2.75) is 26.3 Å². The summed E-state index contributed by atoms with van der Waals surface area (Å²) >= 11 is 0. The van der Waals surface area contributed by atoms with Gasteiger partial charge in [-0.25, -0.2) is 8.42 Å². The smallest absolute Gasteiger partial charge is 0.147 e. The average molecular weight is 255 g/mol. The van der Waals surface area contributed by atoms with Gasteiger partial charge in [-0.1, -0.05) is 29.8 Å². The van der Waals surface area contributed by atoms with Gasteiger partial charge < -0.3 is 5.32 Å². The van der Waals surface area contributed by atoms with E-state index in [1.165, 1.54) is 17.4 Å². The quantitative estimate of drug-likeness (QED) is 0.792. The van der Waals surface area contributed by atoms with Gasteiger partial charge in [0.1, 0.15) is 9.84 Å². The number of hydrogen-bond acceptors (Lipinski definition) is 3. The second-order valence-electron chi connectivity index (χ2n) is 4.57. The first kappa shape index (κ1) is 14.2. The van der Waals surface area contributed by atoms with Gasteiger partial charge in [0.15, 0.2) is 0 Å². The van der Waals surface area contributed by atoms with Crippen molar-refractivity contribution in [3.05, 3.63) is 35.4 Å². The molecular formula is C13H21NO2S. The maximum absolute atomic E-state index is 11.0. The van der Waals surface area contributed by atoms with Crippen molar-refractivity contribution in [2.24, 2.45) is 0 Å². The maximum atomic E-state index is 11.0. The highest BCUT2D eigenvalue weighted by atomic mass is 32.2. The fraction of sp³-hybridized carbons (Fsp3) is 0.538. The van der Waals surface area contributed by atoms with E-state index in [0.29, 0.717) is 6.42 Å². The molecule has 17 heavy (non-hydrogen) atoms. The van der Waals surface area contributed by atoms with E-state index in [1.807, 2.05) is 6.07 Å². The highest BCUT2D eigenvalue weighted by molar-refractivity contribution is 7.90. The van der Waals surface area contributed by atoms with Crippen LogP contribution < -0.4 is 5.32 Å². The predicted molar refractivity (Wildman–Crippen MR) is 71.9 cm³/mol. The third kappa shape index (κ3) is 5.84. The second kappa shape index (κ2) is 6.17. The van der Waals surface area contributed by atoms with Gasteiger partial charge in [0.05, 0.1) is 5.75 Å². The Kier molecular flexibility index (Phi) is 5.15. The number of benzene rings is 1. The highest BCUT2D eigenvalue weighted by Gasteiger charge is 2.05. The van der Waals surface area contributed by atoms with E-state index in [2.05, 4.69) is 37.4 Å². The summed E-state index contributed by atoms with van der Waals surface area (Å²) in [5.74, 6) is 0.251. The molecule has 4 heteroatoms. The van der Waals surface area contributed by atoms with Crippen molar-refractivity contribution < 1.29 is 8.42 Å². The first-order valence-electron chi connectivity index (χ1n) is 5.86. The summed E-state index contributed by atoms with van der Waals surface area (Å²) < 4.78 is 21.9. The molecule has 1 aromatic rings. The fourth-order valence-electron chi connectivity index (χ4n) is 1.71. The minimum atomic E-state index is -2.83. The van der Waals surface area contributed by atoms with E-state index < -0.39 is 9.84 Å². The van der Waals surface area contributed by atoms with Crippen LogP contribution in [0.4, 0.5) is 0 Å². The SMILES string of the molecule is Cc1cccc([C@H](C)NCCCS(C)(=O)=O)c1. The Hall–Kier alpha value is -0.870. The monoisotopic (exact) mass is 255 g/mol. The normalized spacial score (nSPS) is 13.6. The molecule has 1 aromatic carbocycles. The number of sulfone groups is 1. The van der Waals surface area contributed by atoms with Crippen LogP contribution in [0, 0.1) is 6.92 Å². The van der Waals surface area contributed by atoms with Crippen molar-refractivity contribution in [1.29, 1.82) is 0 Å². The number of nitrogens with one attached hydrogen (secondary N) is 1. The summed E-state index contributed by atoms with van der Waals surface area (Å²) in [6.45, 7) is 4.89. The van der Waals surface area contributed by atoms with E-state index in [-0.39, 0.29) is 11.8 Å². The molecule has 0 saturated carbocycles. The van der Waals surface area contributed by atoms with Crippen LogP contribution in [0.3, 0.4) is 0 Å². The van der Waals surface area contributed by atoms with Crippen LogP contribution in [0.1, 0.15) is 30.5 Å². The Bertz CT molecular complexity index is 454. The fourth-order valence-corrected chi connectivity index (χ4v) is 2.38. The van der Waals surface area contributed by atoms with Gasteiger partial charge >= 0.3 is 0 Å². The maximum Gasteiger partial charge on any atom is 0.147 e.